The highest BCUT2D eigenvalue weighted by atomic mass is 32.2. The molecule has 3 nitrogen and oxygen atoms in total. The van der Waals surface area contributed by atoms with Crippen molar-refractivity contribution in [2.75, 3.05) is 18.1 Å². The van der Waals surface area contributed by atoms with E-state index in [0.717, 1.165) is 25.1 Å². The number of ether oxygens (including phenoxy) is 1. The quantitative estimate of drug-likeness (QED) is 0.769. The fraction of sp³-hybridized carbons (Fsp3) is 0.769. The average Bonchev–Trinajstić information content (AvgIpc) is 2.77. The molecule has 1 aromatic rings. The summed E-state index contributed by atoms with van der Waals surface area (Å²) in [5, 5.41) is 4.57. The second-order valence-corrected chi connectivity index (χ2v) is 6.45. The van der Waals surface area contributed by atoms with E-state index in [0.29, 0.717) is 6.04 Å². The lowest BCUT2D eigenvalue weighted by molar-refractivity contribution is -0.100. The van der Waals surface area contributed by atoms with Crippen molar-refractivity contribution in [1.29, 1.82) is 0 Å². The van der Waals surface area contributed by atoms with Crippen molar-refractivity contribution < 1.29 is 4.74 Å². The molecule has 94 valence electrons. The van der Waals surface area contributed by atoms with E-state index in [1.54, 1.807) is 0 Å². The fourth-order valence-electron chi connectivity index (χ4n) is 2.96. The molecule has 0 aromatic carbocycles. The second-order valence-electron chi connectivity index (χ2n) is 5.23. The van der Waals surface area contributed by atoms with Gasteiger partial charge in [0.05, 0.1) is 17.3 Å². The first-order valence-corrected chi connectivity index (χ1v) is 7.66. The van der Waals surface area contributed by atoms with Crippen LogP contribution in [0.25, 0.3) is 0 Å². The van der Waals surface area contributed by atoms with Gasteiger partial charge in [0, 0.05) is 12.8 Å². The lowest BCUT2D eigenvalue weighted by atomic mass is 9.85. The van der Waals surface area contributed by atoms with Crippen LogP contribution in [0.15, 0.2) is 12.3 Å². The maximum absolute atomic E-state index is 6.11. The van der Waals surface area contributed by atoms with Gasteiger partial charge in [0.15, 0.2) is 0 Å². The van der Waals surface area contributed by atoms with Gasteiger partial charge in [-0.05, 0) is 50.2 Å². The predicted molar refractivity (Wildman–Crippen MR) is 70.5 cm³/mol. The Bertz CT molecular complexity index is 379. The summed E-state index contributed by atoms with van der Waals surface area (Å²) in [7, 11) is 0. The van der Waals surface area contributed by atoms with Gasteiger partial charge in [-0.25, -0.2) is 0 Å². The maximum atomic E-state index is 6.11. The largest absolute Gasteiger partial charge is 0.375 e. The van der Waals surface area contributed by atoms with Crippen molar-refractivity contribution in [1.82, 2.24) is 9.78 Å². The van der Waals surface area contributed by atoms with E-state index >= 15 is 0 Å². The molecule has 2 aliphatic rings. The van der Waals surface area contributed by atoms with E-state index < -0.39 is 0 Å². The minimum absolute atomic E-state index is 0.161. The van der Waals surface area contributed by atoms with Gasteiger partial charge in [-0.1, -0.05) is 0 Å². The van der Waals surface area contributed by atoms with Crippen molar-refractivity contribution in [2.45, 2.75) is 44.2 Å². The predicted octanol–water partition coefficient (Wildman–Crippen LogP) is 2.81. The van der Waals surface area contributed by atoms with Gasteiger partial charge in [-0.3, -0.25) is 4.68 Å². The Morgan fingerprint density at radius 3 is 3.00 bits per heavy atom. The number of thioether (sulfide) groups is 1. The number of hydrogen-bond donors (Lipinski definition) is 0. The summed E-state index contributed by atoms with van der Waals surface area (Å²) in [4.78, 5) is 0. The van der Waals surface area contributed by atoms with Crippen molar-refractivity contribution >= 4 is 11.8 Å². The molecule has 1 atom stereocenters. The number of nitrogens with zero attached hydrogens (tertiary/aromatic N) is 2. The molecule has 1 unspecified atom stereocenters. The molecule has 2 saturated heterocycles. The van der Waals surface area contributed by atoms with E-state index in [1.165, 1.54) is 24.3 Å². The van der Waals surface area contributed by atoms with E-state index in [-0.39, 0.29) is 5.60 Å². The summed E-state index contributed by atoms with van der Waals surface area (Å²) >= 11 is 2.06. The van der Waals surface area contributed by atoms with Crippen LogP contribution in [-0.4, -0.2) is 33.5 Å². The first-order chi connectivity index (χ1) is 8.27. The number of aromatic nitrogens is 2. The minimum Gasteiger partial charge on any atom is -0.375 e. The molecule has 3 rings (SSSR count). The van der Waals surface area contributed by atoms with Gasteiger partial charge in [-0.15, -0.1) is 0 Å². The molecular weight excluding hydrogens is 232 g/mol. The molecule has 0 radical (unpaired) electrons. The third-order valence-corrected chi connectivity index (χ3v) is 4.97. The smallest absolute Gasteiger partial charge is 0.0718 e. The summed E-state index contributed by atoms with van der Waals surface area (Å²) in [6.07, 6.45) is 6.81. The minimum atomic E-state index is 0.161. The highest BCUT2D eigenvalue weighted by Gasteiger charge is 2.39. The maximum Gasteiger partial charge on any atom is 0.0718 e. The molecule has 0 amide bonds. The topological polar surface area (TPSA) is 27.1 Å². The Balaban J connectivity index is 1.74. The van der Waals surface area contributed by atoms with Gasteiger partial charge in [0.1, 0.15) is 0 Å². The number of rotatable bonds is 1. The van der Waals surface area contributed by atoms with E-state index in [9.17, 15) is 0 Å². The number of aryl methyl sites for hydroxylation is 1. The zero-order valence-corrected chi connectivity index (χ0v) is 11.2. The number of hydrogen-bond acceptors (Lipinski definition) is 3. The molecule has 0 bridgehead atoms. The van der Waals surface area contributed by atoms with E-state index in [2.05, 4.69) is 40.7 Å². The van der Waals surface area contributed by atoms with Gasteiger partial charge < -0.3 is 4.74 Å². The van der Waals surface area contributed by atoms with Crippen LogP contribution in [0.5, 0.6) is 0 Å². The van der Waals surface area contributed by atoms with Crippen LogP contribution in [0, 0.1) is 6.92 Å². The Labute approximate surface area is 107 Å². The molecule has 17 heavy (non-hydrogen) atoms. The summed E-state index contributed by atoms with van der Waals surface area (Å²) in [5.74, 6) is 2.51. The van der Waals surface area contributed by atoms with Crippen LogP contribution in [-0.2, 0) is 4.74 Å². The van der Waals surface area contributed by atoms with Crippen LogP contribution in [0.2, 0.25) is 0 Å². The SMILES string of the molecule is Cc1ccn(C2CCOC3(CCSCC3)C2)n1. The van der Waals surface area contributed by atoms with Gasteiger partial charge in [-0.2, -0.15) is 16.9 Å². The summed E-state index contributed by atoms with van der Waals surface area (Å²) in [6.45, 7) is 2.96. The molecule has 2 fully saturated rings. The molecule has 4 heteroatoms. The summed E-state index contributed by atoms with van der Waals surface area (Å²) in [5.41, 5.74) is 1.28. The zero-order valence-electron chi connectivity index (χ0n) is 10.4. The molecule has 1 spiro atoms. The lowest BCUT2D eigenvalue weighted by Gasteiger charge is -2.43. The first kappa shape index (κ1) is 11.6. The third-order valence-electron chi connectivity index (χ3n) is 3.99. The standard InChI is InChI=1S/C13H20N2OS/c1-11-2-6-15(14-11)12-3-7-16-13(10-12)4-8-17-9-5-13/h2,6,12H,3-5,7-10H2,1H3. The Morgan fingerprint density at radius 1 is 1.47 bits per heavy atom. The van der Waals surface area contributed by atoms with E-state index in [4.69, 9.17) is 4.74 Å². The Morgan fingerprint density at radius 2 is 2.29 bits per heavy atom. The Hall–Kier alpha value is -0.480. The van der Waals surface area contributed by atoms with Crippen LogP contribution in [0.3, 0.4) is 0 Å². The molecule has 1 aromatic heterocycles. The van der Waals surface area contributed by atoms with Crippen molar-refractivity contribution in [3.63, 3.8) is 0 Å². The fourth-order valence-corrected chi connectivity index (χ4v) is 4.19. The molecule has 3 heterocycles. The third kappa shape index (κ3) is 2.38. The molecule has 0 saturated carbocycles. The normalized spacial score (nSPS) is 28.4. The zero-order chi connectivity index (χ0) is 11.7. The van der Waals surface area contributed by atoms with Gasteiger partial charge >= 0.3 is 0 Å². The summed E-state index contributed by atoms with van der Waals surface area (Å²) < 4.78 is 8.26. The Kier molecular flexibility index (Phi) is 3.17. The molecule has 0 aliphatic carbocycles. The van der Waals surface area contributed by atoms with Crippen LogP contribution < -0.4 is 0 Å². The average molecular weight is 252 g/mol. The van der Waals surface area contributed by atoms with Crippen LogP contribution >= 0.6 is 11.8 Å². The second kappa shape index (κ2) is 4.65. The van der Waals surface area contributed by atoms with Crippen LogP contribution in [0.4, 0.5) is 0 Å². The highest BCUT2D eigenvalue weighted by molar-refractivity contribution is 7.99. The summed E-state index contributed by atoms with van der Waals surface area (Å²) in [6, 6.07) is 2.64. The highest BCUT2D eigenvalue weighted by Crippen LogP contribution is 2.41. The molecular formula is C13H20N2OS. The van der Waals surface area contributed by atoms with E-state index in [1.807, 2.05) is 0 Å². The first-order valence-electron chi connectivity index (χ1n) is 6.51. The van der Waals surface area contributed by atoms with Gasteiger partial charge in [0.25, 0.3) is 0 Å². The van der Waals surface area contributed by atoms with Crippen molar-refractivity contribution in [2.24, 2.45) is 0 Å². The van der Waals surface area contributed by atoms with Crippen molar-refractivity contribution in [3.8, 4) is 0 Å². The van der Waals surface area contributed by atoms with Gasteiger partial charge in [0.2, 0.25) is 0 Å². The van der Waals surface area contributed by atoms with Crippen molar-refractivity contribution in [3.05, 3.63) is 18.0 Å². The lowest BCUT2D eigenvalue weighted by Crippen LogP contribution is -2.43. The van der Waals surface area contributed by atoms with Crippen LogP contribution in [0.1, 0.15) is 37.4 Å². The monoisotopic (exact) mass is 252 g/mol. The molecule has 2 aliphatic heterocycles. The molecule has 0 N–H and O–H groups in total.